The van der Waals surface area contributed by atoms with Crippen LogP contribution < -0.4 is 0 Å². The Balaban J connectivity index is 3.60. The highest BCUT2D eigenvalue weighted by molar-refractivity contribution is 8.15. The van der Waals surface area contributed by atoms with Crippen molar-refractivity contribution in [1.29, 1.82) is 0 Å². The van der Waals surface area contributed by atoms with E-state index in [1.54, 1.807) is 6.92 Å². The summed E-state index contributed by atoms with van der Waals surface area (Å²) in [5.41, 5.74) is 0. The number of hydrogen-bond donors (Lipinski definition) is 0. The van der Waals surface area contributed by atoms with Crippen LogP contribution in [0.1, 0.15) is 13.3 Å². The van der Waals surface area contributed by atoms with E-state index in [0.29, 0.717) is 6.42 Å². The van der Waals surface area contributed by atoms with Gasteiger partial charge < -0.3 is 0 Å². The van der Waals surface area contributed by atoms with Crippen molar-refractivity contribution in [3.05, 3.63) is 5.75 Å². The van der Waals surface area contributed by atoms with Gasteiger partial charge in [-0.05, 0) is 6.42 Å². The molecular weight excluding hydrogens is 136 g/mol. The largest absolute Gasteiger partial charge is 0.236 e. The molecule has 0 heterocycles. The maximum atomic E-state index is 9.94. The number of halogens is 1. The lowest BCUT2D eigenvalue weighted by atomic mass is 10.6. The van der Waals surface area contributed by atoms with Crippen LogP contribution in [0.4, 0.5) is 0 Å². The molecule has 0 aromatic rings. The molecule has 0 unspecified atom stereocenters. The van der Waals surface area contributed by atoms with Gasteiger partial charge in [0.25, 0.3) is 0 Å². The van der Waals surface area contributed by atoms with Crippen LogP contribution in [0.25, 0.3) is 0 Å². The quantitative estimate of drug-likeness (QED) is 0.541. The molecule has 0 spiro atoms. The van der Waals surface area contributed by atoms with E-state index in [4.69, 9.17) is 10.7 Å². The summed E-state index contributed by atoms with van der Waals surface area (Å²) in [5.74, 6) is 1.05. The average molecular weight is 142 g/mol. The lowest BCUT2D eigenvalue weighted by molar-refractivity contribution is 0.613. The maximum Gasteiger partial charge on any atom is 0.236 e. The van der Waals surface area contributed by atoms with Crippen molar-refractivity contribution in [2.45, 2.75) is 13.3 Å². The Morgan fingerprint density at radius 2 is 2.14 bits per heavy atom. The maximum absolute atomic E-state index is 9.94. The SMILES string of the molecule is CC[CH]S(=O)(=O)Cl. The van der Waals surface area contributed by atoms with Gasteiger partial charge in [0, 0.05) is 10.7 Å². The molecule has 0 bridgehead atoms. The molecular formula is C3H6ClO2S. The second kappa shape index (κ2) is 2.52. The monoisotopic (exact) mass is 141 g/mol. The molecule has 0 aliphatic heterocycles. The van der Waals surface area contributed by atoms with Gasteiger partial charge in [0.1, 0.15) is 0 Å². The minimum atomic E-state index is -3.33. The molecule has 0 N–H and O–H groups in total. The Bertz CT molecular complexity index is 126. The molecule has 0 fully saturated rings. The third-order valence-corrected chi connectivity index (χ3v) is 1.48. The predicted octanol–water partition coefficient (Wildman–Crippen LogP) is 1.13. The van der Waals surface area contributed by atoms with Gasteiger partial charge in [-0.3, -0.25) is 0 Å². The fraction of sp³-hybridized carbons (Fsp3) is 0.667. The normalized spacial score (nSPS) is 11.7. The van der Waals surface area contributed by atoms with Gasteiger partial charge in [0.15, 0.2) is 0 Å². The zero-order chi connectivity index (χ0) is 5.91. The van der Waals surface area contributed by atoms with Crippen molar-refractivity contribution < 1.29 is 8.42 Å². The molecule has 7 heavy (non-hydrogen) atoms. The van der Waals surface area contributed by atoms with E-state index < -0.39 is 9.05 Å². The molecule has 0 amide bonds. The summed E-state index contributed by atoms with van der Waals surface area (Å²) < 4.78 is 19.9. The molecule has 4 heteroatoms. The third-order valence-electron chi connectivity index (χ3n) is 0.366. The van der Waals surface area contributed by atoms with Gasteiger partial charge in [-0.25, -0.2) is 8.42 Å². The van der Waals surface area contributed by atoms with Gasteiger partial charge in [0.05, 0.1) is 5.75 Å². The number of rotatable bonds is 2. The molecule has 1 radical (unpaired) electrons. The van der Waals surface area contributed by atoms with Crippen molar-refractivity contribution in [3.63, 3.8) is 0 Å². The van der Waals surface area contributed by atoms with Crippen LogP contribution in [0, 0.1) is 5.75 Å². The van der Waals surface area contributed by atoms with Crippen LogP contribution in [-0.4, -0.2) is 8.42 Å². The van der Waals surface area contributed by atoms with Crippen molar-refractivity contribution in [2.75, 3.05) is 0 Å². The third kappa shape index (κ3) is 6.24. The van der Waals surface area contributed by atoms with Crippen LogP contribution in [0.3, 0.4) is 0 Å². The minimum Gasteiger partial charge on any atom is -0.212 e. The van der Waals surface area contributed by atoms with Crippen molar-refractivity contribution in [1.82, 2.24) is 0 Å². The van der Waals surface area contributed by atoms with E-state index in [9.17, 15) is 8.42 Å². The molecule has 0 atom stereocenters. The average Bonchev–Trinajstić information content (AvgIpc) is 1.30. The minimum absolute atomic E-state index is 0.464. The van der Waals surface area contributed by atoms with Crippen molar-refractivity contribution in [2.24, 2.45) is 0 Å². The van der Waals surface area contributed by atoms with Crippen LogP contribution in [-0.2, 0) is 9.05 Å². The summed E-state index contributed by atoms with van der Waals surface area (Å²) in [6, 6.07) is 0. The fourth-order valence-electron chi connectivity index (χ4n) is 0.199. The molecule has 0 rings (SSSR count). The topological polar surface area (TPSA) is 34.1 Å². The van der Waals surface area contributed by atoms with Gasteiger partial charge in [0.2, 0.25) is 9.05 Å². The molecule has 0 aliphatic carbocycles. The second-order valence-corrected chi connectivity index (χ2v) is 3.63. The standard InChI is InChI=1S/C3H6ClO2S/c1-2-3-7(4,5)6/h3H,2H2,1H3. The highest BCUT2D eigenvalue weighted by Gasteiger charge is 2.00. The van der Waals surface area contributed by atoms with Gasteiger partial charge in [-0.15, -0.1) is 0 Å². The summed E-state index contributed by atoms with van der Waals surface area (Å²) >= 11 is 0. The zero-order valence-electron chi connectivity index (χ0n) is 3.89. The van der Waals surface area contributed by atoms with Gasteiger partial charge in [-0.2, -0.15) is 0 Å². The number of hydrogen-bond acceptors (Lipinski definition) is 2. The van der Waals surface area contributed by atoms with E-state index in [0.717, 1.165) is 5.75 Å². The first kappa shape index (κ1) is 7.24. The molecule has 43 valence electrons. The van der Waals surface area contributed by atoms with Crippen molar-refractivity contribution in [3.8, 4) is 0 Å². The Kier molecular flexibility index (Phi) is 2.61. The molecule has 2 nitrogen and oxygen atoms in total. The van der Waals surface area contributed by atoms with E-state index in [2.05, 4.69) is 0 Å². The van der Waals surface area contributed by atoms with E-state index >= 15 is 0 Å². The summed E-state index contributed by atoms with van der Waals surface area (Å²) in [6.07, 6.45) is 0.464. The Labute approximate surface area is 47.9 Å². The Morgan fingerprint density at radius 3 is 2.14 bits per heavy atom. The molecule has 0 aliphatic rings. The summed E-state index contributed by atoms with van der Waals surface area (Å²) in [7, 11) is 1.42. The summed E-state index contributed by atoms with van der Waals surface area (Å²) in [5, 5.41) is 0. The highest BCUT2D eigenvalue weighted by Crippen LogP contribution is 2.02. The second-order valence-electron chi connectivity index (χ2n) is 1.05. The van der Waals surface area contributed by atoms with E-state index in [1.165, 1.54) is 0 Å². The van der Waals surface area contributed by atoms with Crippen LogP contribution in [0.15, 0.2) is 0 Å². The van der Waals surface area contributed by atoms with Crippen LogP contribution in [0.2, 0.25) is 0 Å². The lowest BCUT2D eigenvalue weighted by Crippen LogP contribution is -1.85. The van der Waals surface area contributed by atoms with Crippen LogP contribution >= 0.6 is 10.7 Å². The Morgan fingerprint density at radius 1 is 1.71 bits per heavy atom. The summed E-state index contributed by atoms with van der Waals surface area (Å²) in [4.78, 5) is 0. The zero-order valence-corrected chi connectivity index (χ0v) is 5.46. The first-order valence-electron chi connectivity index (χ1n) is 1.84. The Hall–Kier alpha value is 0.240. The van der Waals surface area contributed by atoms with Gasteiger partial charge >= 0.3 is 0 Å². The molecule has 0 saturated carbocycles. The van der Waals surface area contributed by atoms with E-state index in [1.807, 2.05) is 0 Å². The van der Waals surface area contributed by atoms with Gasteiger partial charge in [-0.1, -0.05) is 6.92 Å². The fourth-order valence-corrected chi connectivity index (χ4v) is 0.975. The highest BCUT2D eigenvalue weighted by atomic mass is 35.7. The molecule has 0 aromatic carbocycles. The lowest BCUT2D eigenvalue weighted by Gasteiger charge is -1.83. The molecule has 0 aromatic heterocycles. The molecule has 0 saturated heterocycles. The van der Waals surface area contributed by atoms with Crippen LogP contribution in [0.5, 0.6) is 0 Å². The van der Waals surface area contributed by atoms with Crippen molar-refractivity contribution >= 4 is 19.7 Å². The first-order chi connectivity index (χ1) is 3.06. The predicted molar refractivity (Wildman–Crippen MR) is 29.4 cm³/mol. The smallest absolute Gasteiger partial charge is 0.212 e. The first-order valence-corrected chi connectivity index (χ1v) is 4.21. The summed E-state index contributed by atoms with van der Waals surface area (Å²) in [6.45, 7) is 1.71. The van der Waals surface area contributed by atoms with E-state index in [-0.39, 0.29) is 0 Å².